The molecule has 1 amide bonds. The highest BCUT2D eigenvalue weighted by Crippen LogP contribution is 2.32. The van der Waals surface area contributed by atoms with Crippen molar-refractivity contribution >= 4 is 28.1 Å². The molecule has 0 radical (unpaired) electrons. The van der Waals surface area contributed by atoms with Crippen LogP contribution in [0.15, 0.2) is 23.6 Å². The van der Waals surface area contributed by atoms with E-state index in [1.54, 1.807) is 0 Å². The summed E-state index contributed by atoms with van der Waals surface area (Å²) in [6.07, 6.45) is -4.62. The minimum absolute atomic E-state index is 0.0423. The van der Waals surface area contributed by atoms with Crippen molar-refractivity contribution in [2.45, 2.75) is 6.18 Å². The number of nitro groups is 1. The van der Waals surface area contributed by atoms with Crippen LogP contribution < -0.4 is 10.1 Å². The molecule has 7 nitrogen and oxygen atoms in total. The number of benzene rings is 1. The molecule has 1 aromatic heterocycles. The molecule has 0 aliphatic rings. The van der Waals surface area contributed by atoms with Gasteiger partial charge in [0, 0.05) is 17.5 Å². The number of carbonyl (C=O) groups excluding carboxylic acids is 1. The second-order valence-corrected chi connectivity index (χ2v) is 4.99. The Labute approximate surface area is 130 Å². The van der Waals surface area contributed by atoms with Crippen molar-refractivity contribution in [3.05, 3.63) is 45.0 Å². The molecular formula is C12H8F3N3O4S. The van der Waals surface area contributed by atoms with Gasteiger partial charge in [-0.3, -0.25) is 20.2 Å². The van der Waals surface area contributed by atoms with E-state index in [0.29, 0.717) is 11.3 Å². The van der Waals surface area contributed by atoms with E-state index < -0.39 is 22.7 Å². The Morgan fingerprint density at radius 1 is 1.43 bits per heavy atom. The first-order valence-electron chi connectivity index (χ1n) is 5.89. The van der Waals surface area contributed by atoms with Crippen molar-refractivity contribution in [2.75, 3.05) is 12.4 Å². The molecule has 0 aliphatic heterocycles. The van der Waals surface area contributed by atoms with Crippen LogP contribution in [0.5, 0.6) is 5.75 Å². The van der Waals surface area contributed by atoms with Crippen LogP contribution in [0, 0.1) is 10.1 Å². The van der Waals surface area contributed by atoms with Crippen molar-refractivity contribution in [3.8, 4) is 5.75 Å². The van der Waals surface area contributed by atoms with Crippen molar-refractivity contribution in [2.24, 2.45) is 0 Å². The number of halogens is 3. The predicted octanol–water partition coefficient (Wildman–Crippen LogP) is 3.33. The highest BCUT2D eigenvalue weighted by Gasteiger charge is 2.34. The number of non-ortho nitro benzene ring substituents is 1. The Balaban J connectivity index is 2.28. The van der Waals surface area contributed by atoms with E-state index in [0.717, 1.165) is 17.5 Å². The number of rotatable bonds is 4. The Morgan fingerprint density at radius 3 is 2.65 bits per heavy atom. The molecule has 2 rings (SSSR count). The number of ether oxygens (including phenoxy) is 1. The zero-order valence-corrected chi connectivity index (χ0v) is 12.2. The molecule has 0 spiro atoms. The van der Waals surface area contributed by atoms with Crippen LogP contribution in [0.1, 0.15) is 16.1 Å². The average molecular weight is 347 g/mol. The molecule has 0 fully saturated rings. The lowest BCUT2D eigenvalue weighted by Crippen LogP contribution is -2.14. The monoisotopic (exact) mass is 347 g/mol. The second-order valence-electron chi connectivity index (χ2n) is 4.13. The van der Waals surface area contributed by atoms with Gasteiger partial charge in [-0.2, -0.15) is 13.2 Å². The minimum Gasteiger partial charge on any atom is -0.496 e. The molecule has 0 saturated heterocycles. The minimum atomic E-state index is -4.62. The maximum Gasteiger partial charge on any atom is 0.434 e. The van der Waals surface area contributed by atoms with E-state index in [1.807, 2.05) is 0 Å². The van der Waals surface area contributed by atoms with Gasteiger partial charge in [-0.1, -0.05) is 0 Å². The molecule has 1 N–H and O–H groups in total. The summed E-state index contributed by atoms with van der Waals surface area (Å²) in [5, 5.41) is 13.4. The summed E-state index contributed by atoms with van der Waals surface area (Å²) in [4.78, 5) is 25.4. The number of amides is 1. The molecule has 11 heteroatoms. The van der Waals surface area contributed by atoms with E-state index in [1.165, 1.54) is 13.2 Å². The third kappa shape index (κ3) is 3.74. The van der Waals surface area contributed by atoms with Gasteiger partial charge in [0.2, 0.25) is 0 Å². The van der Waals surface area contributed by atoms with Crippen LogP contribution in [0.25, 0.3) is 0 Å². The lowest BCUT2D eigenvalue weighted by atomic mass is 10.1. The van der Waals surface area contributed by atoms with Gasteiger partial charge < -0.3 is 4.74 Å². The fraction of sp³-hybridized carbons (Fsp3) is 0.167. The van der Waals surface area contributed by atoms with Crippen LogP contribution in [0.3, 0.4) is 0 Å². The maximum atomic E-state index is 12.5. The van der Waals surface area contributed by atoms with Crippen LogP contribution in [0.2, 0.25) is 0 Å². The molecule has 0 unspecified atom stereocenters. The summed E-state index contributed by atoms with van der Waals surface area (Å²) < 4.78 is 42.3. The lowest BCUT2D eigenvalue weighted by Gasteiger charge is -2.07. The average Bonchev–Trinajstić information content (AvgIpc) is 2.95. The number of thiazole rings is 1. The van der Waals surface area contributed by atoms with E-state index in [9.17, 15) is 28.1 Å². The first-order valence-corrected chi connectivity index (χ1v) is 6.77. The molecular weight excluding hydrogens is 339 g/mol. The van der Waals surface area contributed by atoms with Crippen LogP contribution in [-0.4, -0.2) is 22.9 Å². The number of carbonyl (C=O) groups is 1. The van der Waals surface area contributed by atoms with Gasteiger partial charge in [0.05, 0.1) is 17.6 Å². The first-order chi connectivity index (χ1) is 10.7. The fourth-order valence-corrected chi connectivity index (χ4v) is 2.33. The summed E-state index contributed by atoms with van der Waals surface area (Å²) >= 11 is 0.586. The highest BCUT2D eigenvalue weighted by atomic mass is 32.1. The summed E-state index contributed by atoms with van der Waals surface area (Å²) in [5.41, 5.74) is -1.68. The van der Waals surface area contributed by atoms with Gasteiger partial charge in [-0.05, 0) is 6.07 Å². The smallest absolute Gasteiger partial charge is 0.434 e. The number of aromatic nitrogens is 1. The van der Waals surface area contributed by atoms with Crippen LogP contribution in [0.4, 0.5) is 24.0 Å². The molecule has 2 aromatic rings. The fourth-order valence-electron chi connectivity index (χ4n) is 1.61. The van der Waals surface area contributed by atoms with E-state index in [4.69, 9.17) is 4.74 Å². The largest absolute Gasteiger partial charge is 0.496 e. The maximum absolute atomic E-state index is 12.5. The molecule has 0 aliphatic carbocycles. The number of methoxy groups -OCH3 is 1. The number of nitro benzene ring substituents is 1. The van der Waals surface area contributed by atoms with Crippen molar-refractivity contribution < 1.29 is 27.6 Å². The molecule has 23 heavy (non-hydrogen) atoms. The Kier molecular flexibility index (Phi) is 4.50. The lowest BCUT2D eigenvalue weighted by molar-refractivity contribution is -0.384. The van der Waals surface area contributed by atoms with Gasteiger partial charge in [-0.25, -0.2) is 4.98 Å². The number of nitrogens with one attached hydrogen (secondary N) is 1. The predicted molar refractivity (Wildman–Crippen MR) is 74.7 cm³/mol. The number of nitrogens with zero attached hydrogens (tertiary/aromatic N) is 2. The summed E-state index contributed by atoms with van der Waals surface area (Å²) in [5.74, 6) is -0.825. The van der Waals surface area contributed by atoms with Gasteiger partial charge in [-0.15, -0.1) is 11.3 Å². The quantitative estimate of drug-likeness (QED) is 0.676. The third-order valence-electron chi connectivity index (χ3n) is 2.65. The second kappa shape index (κ2) is 6.20. The molecule has 0 atom stereocenters. The Bertz CT molecular complexity index is 760. The third-order valence-corrected chi connectivity index (χ3v) is 3.41. The van der Waals surface area contributed by atoms with Crippen molar-refractivity contribution in [1.82, 2.24) is 4.98 Å². The Morgan fingerprint density at radius 2 is 2.13 bits per heavy atom. The number of hydrogen-bond acceptors (Lipinski definition) is 6. The van der Waals surface area contributed by atoms with Crippen molar-refractivity contribution in [3.63, 3.8) is 0 Å². The van der Waals surface area contributed by atoms with Crippen LogP contribution in [-0.2, 0) is 6.18 Å². The number of hydrogen-bond donors (Lipinski definition) is 1. The summed E-state index contributed by atoms with van der Waals surface area (Å²) in [7, 11) is 1.25. The summed E-state index contributed by atoms with van der Waals surface area (Å²) in [6, 6.07) is 3.32. The number of alkyl halides is 3. The highest BCUT2D eigenvalue weighted by molar-refractivity contribution is 7.14. The standard InChI is InChI=1S/C12H8F3N3O4S/c1-22-8-3-2-6(18(20)21)4-7(8)10(19)17-11-16-9(5-23-11)12(13,14)15/h2-5H,1H3,(H,16,17,19). The Hall–Kier alpha value is -2.69. The van der Waals surface area contributed by atoms with E-state index in [2.05, 4.69) is 10.3 Å². The van der Waals surface area contributed by atoms with Gasteiger partial charge >= 0.3 is 6.18 Å². The van der Waals surface area contributed by atoms with Crippen molar-refractivity contribution in [1.29, 1.82) is 0 Å². The zero-order valence-electron chi connectivity index (χ0n) is 11.4. The topological polar surface area (TPSA) is 94.4 Å². The molecule has 1 heterocycles. The normalized spacial score (nSPS) is 11.1. The molecule has 122 valence electrons. The van der Waals surface area contributed by atoms with E-state index in [-0.39, 0.29) is 22.1 Å². The molecule has 0 bridgehead atoms. The van der Waals surface area contributed by atoms with Crippen LogP contribution >= 0.6 is 11.3 Å². The molecule has 1 aromatic carbocycles. The van der Waals surface area contributed by atoms with Gasteiger partial charge in [0.25, 0.3) is 11.6 Å². The van der Waals surface area contributed by atoms with E-state index >= 15 is 0 Å². The summed E-state index contributed by atoms with van der Waals surface area (Å²) in [6.45, 7) is 0. The first kappa shape index (κ1) is 16.7. The van der Waals surface area contributed by atoms with Gasteiger partial charge in [0.1, 0.15) is 5.75 Å². The van der Waals surface area contributed by atoms with Gasteiger partial charge in [0.15, 0.2) is 10.8 Å². The molecule has 0 saturated carbocycles. The zero-order chi connectivity index (χ0) is 17.2. The SMILES string of the molecule is COc1ccc([N+](=O)[O-])cc1C(=O)Nc1nc(C(F)(F)F)cs1. The number of anilines is 1.